The van der Waals surface area contributed by atoms with Gasteiger partial charge < -0.3 is 5.32 Å². The van der Waals surface area contributed by atoms with Crippen molar-refractivity contribution in [1.82, 2.24) is 10.2 Å². The number of nitrogens with zero attached hydrogens (tertiary/aromatic N) is 1. The van der Waals surface area contributed by atoms with E-state index < -0.39 is 0 Å². The highest BCUT2D eigenvalue weighted by molar-refractivity contribution is 9.10. The molecule has 0 radical (unpaired) electrons. The van der Waals surface area contributed by atoms with Crippen molar-refractivity contribution in [3.63, 3.8) is 0 Å². The quantitative estimate of drug-likeness (QED) is 0.823. The van der Waals surface area contributed by atoms with Crippen molar-refractivity contribution >= 4 is 15.9 Å². The summed E-state index contributed by atoms with van der Waals surface area (Å²) >= 11 is 3.48. The highest BCUT2D eigenvalue weighted by Gasteiger charge is 2.23. The van der Waals surface area contributed by atoms with Crippen LogP contribution in [0.2, 0.25) is 0 Å². The van der Waals surface area contributed by atoms with Crippen molar-refractivity contribution in [3.8, 4) is 0 Å². The minimum absolute atomic E-state index is 0.592. The Balaban J connectivity index is 1.79. The van der Waals surface area contributed by atoms with Gasteiger partial charge in [0, 0.05) is 23.1 Å². The van der Waals surface area contributed by atoms with Crippen molar-refractivity contribution in [2.75, 3.05) is 13.6 Å². The van der Waals surface area contributed by atoms with Gasteiger partial charge in [-0.1, -0.05) is 35.0 Å². The highest BCUT2D eigenvalue weighted by Crippen LogP contribution is 2.20. The molecule has 0 bridgehead atoms. The fraction of sp³-hybridized carbons (Fsp3) is 0.625. The first-order valence-corrected chi connectivity index (χ1v) is 8.03. The average Bonchev–Trinajstić information content (AvgIpc) is 3.21. The van der Waals surface area contributed by atoms with Gasteiger partial charge in [0.15, 0.2) is 0 Å². The predicted octanol–water partition coefficient (Wildman–Crippen LogP) is 3.66. The van der Waals surface area contributed by atoms with Crippen LogP contribution >= 0.6 is 15.9 Å². The summed E-state index contributed by atoms with van der Waals surface area (Å²) in [6.07, 6.45) is 2.74. The van der Waals surface area contributed by atoms with E-state index in [4.69, 9.17) is 0 Å². The van der Waals surface area contributed by atoms with Gasteiger partial charge in [0.25, 0.3) is 0 Å². The molecule has 2 rings (SSSR count). The van der Waals surface area contributed by atoms with Gasteiger partial charge in [-0.25, -0.2) is 0 Å². The standard InChI is InChI=1S/C16H25BrN2/c1-12(10-18-16-8-9-16)13(2)19(3)11-14-4-6-15(17)7-5-14/h4-7,12-13,16,18H,8-11H2,1-3H3. The lowest BCUT2D eigenvalue weighted by Crippen LogP contribution is -2.39. The van der Waals surface area contributed by atoms with E-state index in [0.717, 1.165) is 23.6 Å². The summed E-state index contributed by atoms with van der Waals surface area (Å²) in [5.41, 5.74) is 1.37. The highest BCUT2D eigenvalue weighted by atomic mass is 79.9. The van der Waals surface area contributed by atoms with Gasteiger partial charge in [0.05, 0.1) is 0 Å². The number of benzene rings is 1. The second-order valence-corrected chi connectivity index (χ2v) is 6.86. The lowest BCUT2D eigenvalue weighted by molar-refractivity contribution is 0.188. The molecule has 0 aliphatic heterocycles. The number of hydrogen-bond acceptors (Lipinski definition) is 2. The molecule has 19 heavy (non-hydrogen) atoms. The Morgan fingerprint density at radius 1 is 1.26 bits per heavy atom. The first-order chi connectivity index (χ1) is 9.06. The second kappa shape index (κ2) is 6.87. The van der Waals surface area contributed by atoms with Crippen molar-refractivity contribution in [2.24, 2.45) is 5.92 Å². The maximum absolute atomic E-state index is 3.63. The Morgan fingerprint density at radius 2 is 1.89 bits per heavy atom. The molecule has 0 saturated heterocycles. The van der Waals surface area contributed by atoms with E-state index in [9.17, 15) is 0 Å². The van der Waals surface area contributed by atoms with Gasteiger partial charge in [0.1, 0.15) is 0 Å². The molecule has 2 unspecified atom stereocenters. The fourth-order valence-corrected chi connectivity index (χ4v) is 2.53. The van der Waals surface area contributed by atoms with Gasteiger partial charge in [-0.05, 0) is 57.0 Å². The summed E-state index contributed by atoms with van der Waals surface area (Å²) in [6, 6.07) is 10.0. The van der Waals surface area contributed by atoms with E-state index >= 15 is 0 Å². The third kappa shape index (κ3) is 4.90. The Hall–Kier alpha value is -0.380. The molecule has 0 amide bonds. The molecule has 0 aromatic heterocycles. The van der Waals surface area contributed by atoms with E-state index in [1.165, 1.54) is 18.4 Å². The topological polar surface area (TPSA) is 15.3 Å². The summed E-state index contributed by atoms with van der Waals surface area (Å²) in [7, 11) is 2.22. The zero-order valence-corrected chi connectivity index (χ0v) is 13.8. The van der Waals surface area contributed by atoms with Gasteiger partial charge >= 0.3 is 0 Å². The Morgan fingerprint density at radius 3 is 2.47 bits per heavy atom. The van der Waals surface area contributed by atoms with E-state index in [1.807, 2.05) is 0 Å². The number of rotatable bonds is 7. The Bertz CT molecular complexity index is 386. The number of nitrogens with one attached hydrogen (secondary N) is 1. The average molecular weight is 325 g/mol. The minimum atomic E-state index is 0.592. The molecule has 1 saturated carbocycles. The molecule has 1 aliphatic carbocycles. The van der Waals surface area contributed by atoms with Crippen LogP contribution in [0.1, 0.15) is 32.3 Å². The van der Waals surface area contributed by atoms with Crippen molar-refractivity contribution in [3.05, 3.63) is 34.3 Å². The first-order valence-electron chi connectivity index (χ1n) is 7.24. The molecule has 1 fully saturated rings. The summed E-state index contributed by atoms with van der Waals surface area (Å²) in [5, 5.41) is 3.63. The smallest absolute Gasteiger partial charge is 0.0233 e. The monoisotopic (exact) mass is 324 g/mol. The molecule has 2 atom stereocenters. The first kappa shape index (κ1) is 15.0. The molecule has 0 spiro atoms. The van der Waals surface area contributed by atoms with Gasteiger partial charge in [-0.3, -0.25) is 4.90 Å². The molecular weight excluding hydrogens is 300 g/mol. The van der Waals surface area contributed by atoms with E-state index in [0.29, 0.717) is 12.0 Å². The van der Waals surface area contributed by atoms with Crippen molar-refractivity contribution in [2.45, 2.75) is 45.3 Å². The van der Waals surface area contributed by atoms with Crippen molar-refractivity contribution < 1.29 is 0 Å². The van der Waals surface area contributed by atoms with Crippen LogP contribution in [0.5, 0.6) is 0 Å². The molecule has 3 heteroatoms. The third-order valence-corrected chi connectivity index (χ3v) is 4.70. The lowest BCUT2D eigenvalue weighted by atomic mass is 10.0. The Labute approximate surface area is 125 Å². The Kier molecular flexibility index (Phi) is 5.43. The van der Waals surface area contributed by atoms with E-state index in [1.54, 1.807) is 0 Å². The molecule has 1 aromatic carbocycles. The van der Waals surface area contributed by atoms with Crippen LogP contribution in [0.25, 0.3) is 0 Å². The van der Waals surface area contributed by atoms with Gasteiger partial charge in [-0.15, -0.1) is 0 Å². The number of hydrogen-bond donors (Lipinski definition) is 1. The maximum atomic E-state index is 3.63. The van der Waals surface area contributed by atoms with Crippen LogP contribution in [-0.2, 0) is 6.54 Å². The van der Waals surface area contributed by atoms with Crippen LogP contribution in [0.15, 0.2) is 28.7 Å². The maximum Gasteiger partial charge on any atom is 0.0233 e. The zero-order chi connectivity index (χ0) is 13.8. The normalized spacial score (nSPS) is 18.6. The van der Waals surface area contributed by atoms with Crippen LogP contribution in [0.3, 0.4) is 0 Å². The largest absolute Gasteiger partial charge is 0.314 e. The molecule has 1 aromatic rings. The fourth-order valence-electron chi connectivity index (χ4n) is 2.27. The van der Waals surface area contributed by atoms with Crippen LogP contribution in [0.4, 0.5) is 0 Å². The summed E-state index contributed by atoms with van der Waals surface area (Å²) in [5.74, 6) is 0.682. The third-order valence-electron chi connectivity index (χ3n) is 4.17. The van der Waals surface area contributed by atoms with Crippen LogP contribution in [0, 0.1) is 5.92 Å². The second-order valence-electron chi connectivity index (χ2n) is 5.94. The molecular formula is C16H25BrN2. The summed E-state index contributed by atoms with van der Waals surface area (Å²) in [4.78, 5) is 2.45. The van der Waals surface area contributed by atoms with Crippen molar-refractivity contribution in [1.29, 1.82) is 0 Å². The van der Waals surface area contributed by atoms with Gasteiger partial charge in [0.2, 0.25) is 0 Å². The van der Waals surface area contributed by atoms with E-state index in [2.05, 4.69) is 71.3 Å². The summed E-state index contributed by atoms with van der Waals surface area (Å²) in [6.45, 7) is 6.83. The lowest BCUT2D eigenvalue weighted by Gasteiger charge is -2.30. The molecule has 1 aliphatic rings. The predicted molar refractivity (Wildman–Crippen MR) is 85.3 cm³/mol. The van der Waals surface area contributed by atoms with Crippen LogP contribution in [-0.4, -0.2) is 30.6 Å². The molecule has 0 heterocycles. The molecule has 1 N–H and O–H groups in total. The molecule has 106 valence electrons. The van der Waals surface area contributed by atoms with Crippen LogP contribution < -0.4 is 5.32 Å². The zero-order valence-electron chi connectivity index (χ0n) is 12.2. The molecule has 2 nitrogen and oxygen atoms in total. The minimum Gasteiger partial charge on any atom is -0.314 e. The van der Waals surface area contributed by atoms with E-state index in [-0.39, 0.29) is 0 Å². The number of halogens is 1. The SMILES string of the molecule is CC(CNC1CC1)C(C)N(C)Cc1ccc(Br)cc1. The summed E-state index contributed by atoms with van der Waals surface area (Å²) < 4.78 is 1.15. The van der Waals surface area contributed by atoms with Gasteiger partial charge in [-0.2, -0.15) is 0 Å².